The SMILES string of the molecule is CC(C)(C)n1ncc2c[n+]3c(nc21)NCC3CI. The maximum absolute atomic E-state index is 4.73. The molecule has 1 aliphatic rings. The molecule has 0 bridgehead atoms. The molecule has 3 heterocycles. The van der Waals surface area contributed by atoms with Crippen LogP contribution in [0.3, 0.4) is 0 Å². The molecule has 0 aliphatic carbocycles. The highest BCUT2D eigenvalue weighted by atomic mass is 127. The fourth-order valence-corrected chi connectivity index (χ4v) is 3.00. The van der Waals surface area contributed by atoms with Crippen LogP contribution in [0.25, 0.3) is 11.0 Å². The van der Waals surface area contributed by atoms with E-state index in [1.54, 1.807) is 0 Å². The van der Waals surface area contributed by atoms with E-state index in [1.165, 1.54) is 0 Å². The van der Waals surface area contributed by atoms with Crippen LogP contribution < -0.4 is 9.88 Å². The third kappa shape index (κ3) is 1.77. The van der Waals surface area contributed by atoms with E-state index in [0.717, 1.165) is 28.0 Å². The molecule has 6 heteroatoms. The maximum Gasteiger partial charge on any atom is 0.394 e. The summed E-state index contributed by atoms with van der Waals surface area (Å²) in [6, 6.07) is 0.496. The van der Waals surface area contributed by atoms with Gasteiger partial charge in [-0.3, -0.25) is 5.32 Å². The van der Waals surface area contributed by atoms with Crippen molar-refractivity contribution >= 4 is 39.6 Å². The number of alkyl halides is 1. The summed E-state index contributed by atoms with van der Waals surface area (Å²) >= 11 is 2.42. The van der Waals surface area contributed by atoms with Gasteiger partial charge in [0.2, 0.25) is 5.65 Å². The van der Waals surface area contributed by atoms with Crippen molar-refractivity contribution in [3.05, 3.63) is 12.4 Å². The van der Waals surface area contributed by atoms with Crippen LogP contribution in [0.1, 0.15) is 26.8 Å². The highest BCUT2D eigenvalue weighted by Gasteiger charge is 2.31. The molecule has 0 saturated carbocycles. The molecule has 18 heavy (non-hydrogen) atoms. The summed E-state index contributed by atoms with van der Waals surface area (Å²) in [6.07, 6.45) is 4.07. The van der Waals surface area contributed by atoms with Gasteiger partial charge in [-0.25, -0.2) is 9.25 Å². The molecule has 1 unspecified atom stereocenters. The first-order valence-electron chi connectivity index (χ1n) is 6.11. The van der Waals surface area contributed by atoms with E-state index in [2.05, 4.69) is 64.5 Å². The lowest BCUT2D eigenvalue weighted by Crippen LogP contribution is -2.38. The molecule has 0 fully saturated rings. The summed E-state index contributed by atoms with van der Waals surface area (Å²) in [4.78, 5) is 4.73. The number of halogens is 1. The maximum atomic E-state index is 4.73. The topological polar surface area (TPSA) is 46.6 Å². The fourth-order valence-electron chi connectivity index (χ4n) is 2.26. The smallest absolute Gasteiger partial charge is 0.271 e. The molecular weight excluding hydrogens is 341 g/mol. The Balaban J connectivity index is 2.20. The second kappa shape index (κ2) is 4.04. The minimum Gasteiger partial charge on any atom is -0.271 e. The Morgan fingerprint density at radius 3 is 3.00 bits per heavy atom. The van der Waals surface area contributed by atoms with Crippen LogP contribution in [0, 0.1) is 0 Å². The summed E-state index contributed by atoms with van der Waals surface area (Å²) < 4.78 is 5.30. The van der Waals surface area contributed by atoms with Gasteiger partial charge in [-0.15, -0.1) is 0 Å². The van der Waals surface area contributed by atoms with Gasteiger partial charge >= 0.3 is 5.95 Å². The van der Waals surface area contributed by atoms with Gasteiger partial charge in [0, 0.05) is 4.43 Å². The van der Waals surface area contributed by atoms with Crippen molar-refractivity contribution in [1.82, 2.24) is 14.8 Å². The fraction of sp³-hybridized carbons (Fsp3) is 0.583. The van der Waals surface area contributed by atoms with E-state index in [9.17, 15) is 0 Å². The molecular formula is C12H17IN5+. The van der Waals surface area contributed by atoms with E-state index >= 15 is 0 Å². The minimum absolute atomic E-state index is 0.0467. The van der Waals surface area contributed by atoms with Crippen LogP contribution in [-0.4, -0.2) is 25.7 Å². The van der Waals surface area contributed by atoms with Crippen molar-refractivity contribution < 1.29 is 4.57 Å². The highest BCUT2D eigenvalue weighted by molar-refractivity contribution is 14.1. The van der Waals surface area contributed by atoms with Crippen LogP contribution in [-0.2, 0) is 5.54 Å². The highest BCUT2D eigenvalue weighted by Crippen LogP contribution is 2.22. The lowest BCUT2D eigenvalue weighted by Gasteiger charge is -2.18. The molecule has 0 amide bonds. The van der Waals surface area contributed by atoms with Gasteiger partial charge in [-0.2, -0.15) is 5.10 Å². The van der Waals surface area contributed by atoms with Gasteiger partial charge in [0.25, 0.3) is 0 Å². The monoisotopic (exact) mass is 358 g/mol. The van der Waals surface area contributed by atoms with E-state index in [0.29, 0.717) is 6.04 Å². The third-order valence-electron chi connectivity index (χ3n) is 3.21. The molecule has 0 aromatic carbocycles. The Bertz CT molecular complexity index is 598. The zero-order valence-corrected chi connectivity index (χ0v) is 13.0. The van der Waals surface area contributed by atoms with Gasteiger partial charge < -0.3 is 0 Å². The van der Waals surface area contributed by atoms with Crippen molar-refractivity contribution in [1.29, 1.82) is 0 Å². The second-order valence-electron chi connectivity index (χ2n) is 5.67. The Kier molecular flexibility index (Phi) is 2.72. The van der Waals surface area contributed by atoms with Gasteiger partial charge in [0.1, 0.15) is 6.04 Å². The Morgan fingerprint density at radius 2 is 2.33 bits per heavy atom. The molecule has 2 aromatic heterocycles. The number of hydrogen-bond donors (Lipinski definition) is 1. The number of rotatable bonds is 1. The molecule has 0 radical (unpaired) electrons. The number of hydrogen-bond acceptors (Lipinski definition) is 3. The van der Waals surface area contributed by atoms with E-state index in [4.69, 9.17) is 4.98 Å². The number of nitrogens with zero attached hydrogens (tertiary/aromatic N) is 4. The Morgan fingerprint density at radius 1 is 1.56 bits per heavy atom. The van der Waals surface area contributed by atoms with E-state index in [1.807, 2.05) is 10.9 Å². The van der Waals surface area contributed by atoms with Crippen LogP contribution in [0.15, 0.2) is 12.4 Å². The van der Waals surface area contributed by atoms with Crippen LogP contribution >= 0.6 is 22.6 Å². The molecule has 3 rings (SSSR count). The normalized spacial score (nSPS) is 19.0. The molecule has 1 aliphatic heterocycles. The largest absolute Gasteiger partial charge is 0.394 e. The molecule has 2 aromatic rings. The first kappa shape index (κ1) is 12.1. The van der Waals surface area contributed by atoms with Crippen molar-refractivity contribution in [2.75, 3.05) is 16.3 Å². The second-order valence-corrected chi connectivity index (χ2v) is 6.55. The van der Waals surface area contributed by atoms with Crippen LogP contribution in [0.4, 0.5) is 5.95 Å². The standard InChI is InChI=1S/C12H16IN5/c1-12(2,3)18-10-8(5-15-18)7-17-9(4-13)6-14-11(17)16-10/h5,7,9H,4,6H2,1-3H3/p+1. The molecule has 1 atom stereocenters. The van der Waals surface area contributed by atoms with Crippen LogP contribution in [0.5, 0.6) is 0 Å². The zero-order chi connectivity index (χ0) is 12.9. The lowest BCUT2D eigenvalue weighted by molar-refractivity contribution is -0.692. The number of anilines is 1. The summed E-state index contributed by atoms with van der Waals surface area (Å²) in [6.45, 7) is 7.39. The van der Waals surface area contributed by atoms with E-state index in [-0.39, 0.29) is 5.54 Å². The van der Waals surface area contributed by atoms with Gasteiger partial charge in [-0.05, 0) is 20.8 Å². The summed E-state index contributed by atoms with van der Waals surface area (Å²) in [5, 5.41) is 8.94. The first-order chi connectivity index (χ1) is 8.50. The minimum atomic E-state index is -0.0467. The predicted molar refractivity (Wildman–Crippen MR) is 79.1 cm³/mol. The van der Waals surface area contributed by atoms with Crippen LogP contribution in [0.2, 0.25) is 0 Å². The number of fused-ring (bicyclic) bond motifs is 2. The summed E-state index contributed by atoms with van der Waals surface area (Å²) in [5.74, 6) is 0.954. The van der Waals surface area contributed by atoms with Gasteiger partial charge in [-0.1, -0.05) is 27.6 Å². The average Bonchev–Trinajstić information content (AvgIpc) is 2.87. The molecule has 5 nitrogen and oxygen atoms in total. The number of nitrogens with one attached hydrogen (secondary N) is 1. The first-order valence-corrected chi connectivity index (χ1v) is 7.63. The van der Waals surface area contributed by atoms with Crippen molar-refractivity contribution in [2.24, 2.45) is 0 Å². The Labute approximate surface area is 120 Å². The zero-order valence-electron chi connectivity index (χ0n) is 10.8. The predicted octanol–water partition coefficient (Wildman–Crippen LogP) is 1.88. The van der Waals surface area contributed by atoms with Crippen molar-refractivity contribution in [3.63, 3.8) is 0 Å². The van der Waals surface area contributed by atoms with Gasteiger partial charge in [0.05, 0.1) is 29.9 Å². The molecule has 0 saturated heterocycles. The van der Waals surface area contributed by atoms with E-state index < -0.39 is 0 Å². The third-order valence-corrected chi connectivity index (χ3v) is 4.23. The van der Waals surface area contributed by atoms with Gasteiger partial charge in [0.15, 0.2) is 0 Å². The molecule has 96 valence electrons. The summed E-state index contributed by atoms with van der Waals surface area (Å²) in [7, 11) is 0. The number of aromatic nitrogens is 4. The average molecular weight is 358 g/mol. The summed E-state index contributed by atoms with van der Waals surface area (Å²) in [5.41, 5.74) is 0.907. The Hall–Kier alpha value is -0.920. The lowest BCUT2D eigenvalue weighted by atomic mass is 10.1. The quantitative estimate of drug-likeness (QED) is 0.481. The molecule has 0 spiro atoms. The molecule has 1 N–H and O–H groups in total. The van der Waals surface area contributed by atoms with Crippen molar-refractivity contribution in [3.8, 4) is 0 Å². The van der Waals surface area contributed by atoms with Crippen molar-refractivity contribution in [2.45, 2.75) is 32.4 Å².